The Morgan fingerprint density at radius 1 is 1.33 bits per heavy atom. The van der Waals surface area contributed by atoms with Crippen molar-refractivity contribution in [2.45, 2.75) is 25.5 Å². The molecule has 8 nitrogen and oxygen atoms in total. The summed E-state index contributed by atoms with van der Waals surface area (Å²) in [4.78, 5) is 11.2. The molecule has 1 aliphatic heterocycles. The lowest BCUT2D eigenvalue weighted by Crippen LogP contribution is -2.45. The van der Waals surface area contributed by atoms with E-state index in [9.17, 15) is 8.42 Å². The molecule has 2 aromatic rings. The molecule has 3 heterocycles. The number of pyridine rings is 2. The van der Waals surface area contributed by atoms with Crippen molar-refractivity contribution < 1.29 is 13.2 Å². The number of aromatic nitrogens is 2. The van der Waals surface area contributed by atoms with Crippen LogP contribution in [0.25, 0.3) is 21.2 Å². The summed E-state index contributed by atoms with van der Waals surface area (Å²) in [6.45, 7) is 3.52. The average Bonchev–Trinajstić information content (AvgIpc) is 2.44. The first-order chi connectivity index (χ1) is 11.2. The van der Waals surface area contributed by atoms with Gasteiger partial charge in [-0.05, 0) is 22.5 Å². The number of rotatable bonds is 4. The Morgan fingerprint density at radius 2 is 2.04 bits per heavy atom. The van der Waals surface area contributed by atoms with E-state index in [1.54, 1.807) is 26.1 Å². The van der Waals surface area contributed by atoms with Gasteiger partial charge in [0.15, 0.2) is 9.84 Å². The van der Waals surface area contributed by atoms with E-state index >= 15 is 0 Å². The van der Waals surface area contributed by atoms with Crippen LogP contribution in [0.3, 0.4) is 0 Å². The Morgan fingerprint density at radius 3 is 2.67 bits per heavy atom. The molecule has 1 saturated heterocycles. The van der Waals surface area contributed by atoms with Gasteiger partial charge in [0.2, 0.25) is 5.88 Å². The first-order valence-corrected chi connectivity index (χ1v) is 9.30. The molecule has 1 aliphatic rings. The standard InChI is InChI=1S/C14H14ClN5O3S/c1-14(2,19-20-16)11-5-18-13(23-8-6-24(21,22)7-8)10-4-17-12(15)3-9(10)11/h3-5,8H,6-7H2,1-2H3. The minimum absolute atomic E-state index is 0.0246. The fraction of sp³-hybridized carbons (Fsp3) is 0.429. The molecule has 0 N–H and O–H groups in total. The number of sulfone groups is 1. The number of hydrogen-bond acceptors (Lipinski definition) is 6. The molecule has 3 rings (SSSR count). The summed E-state index contributed by atoms with van der Waals surface area (Å²) in [6.07, 6.45) is 2.65. The van der Waals surface area contributed by atoms with Gasteiger partial charge in [0.25, 0.3) is 0 Å². The zero-order valence-corrected chi connectivity index (χ0v) is 14.5. The molecule has 0 aromatic carbocycles. The van der Waals surface area contributed by atoms with Crippen molar-refractivity contribution in [2.75, 3.05) is 11.5 Å². The summed E-state index contributed by atoms with van der Waals surface area (Å²) in [5.41, 5.74) is 8.60. The molecule has 0 radical (unpaired) electrons. The van der Waals surface area contributed by atoms with E-state index < -0.39 is 21.5 Å². The fourth-order valence-corrected chi connectivity index (χ4v) is 3.91. The number of fused-ring (bicyclic) bond motifs is 1. The normalized spacial score (nSPS) is 17.1. The summed E-state index contributed by atoms with van der Waals surface area (Å²) in [5, 5.41) is 5.36. The van der Waals surface area contributed by atoms with Crippen molar-refractivity contribution in [3.63, 3.8) is 0 Å². The fourth-order valence-electron chi connectivity index (χ4n) is 2.58. The highest BCUT2D eigenvalue weighted by Gasteiger charge is 2.36. The third-order valence-corrected chi connectivity index (χ3v) is 5.78. The Kier molecular flexibility index (Phi) is 4.03. The molecule has 0 unspecified atom stereocenters. The van der Waals surface area contributed by atoms with E-state index in [0.29, 0.717) is 16.3 Å². The molecule has 0 bridgehead atoms. The van der Waals surface area contributed by atoms with E-state index in [1.165, 1.54) is 6.20 Å². The molecule has 0 aliphatic carbocycles. The van der Waals surface area contributed by atoms with Gasteiger partial charge in [-0.15, -0.1) is 0 Å². The largest absolute Gasteiger partial charge is 0.472 e. The van der Waals surface area contributed by atoms with Crippen molar-refractivity contribution in [3.05, 3.63) is 39.6 Å². The molecule has 0 atom stereocenters. The lowest BCUT2D eigenvalue weighted by atomic mass is 9.93. The van der Waals surface area contributed by atoms with Gasteiger partial charge in [-0.2, -0.15) is 0 Å². The van der Waals surface area contributed by atoms with Crippen LogP contribution in [0.4, 0.5) is 0 Å². The third kappa shape index (κ3) is 3.10. The maximum atomic E-state index is 11.3. The van der Waals surface area contributed by atoms with Crippen LogP contribution < -0.4 is 4.74 Å². The first kappa shape index (κ1) is 16.8. The Hall–Kier alpha value is -2.09. The molecular formula is C14H14ClN5O3S. The highest BCUT2D eigenvalue weighted by molar-refractivity contribution is 7.92. The van der Waals surface area contributed by atoms with E-state index in [0.717, 1.165) is 0 Å². The maximum Gasteiger partial charge on any atom is 0.223 e. The lowest BCUT2D eigenvalue weighted by molar-refractivity contribution is 0.224. The van der Waals surface area contributed by atoms with Crippen LogP contribution in [0.15, 0.2) is 23.6 Å². The van der Waals surface area contributed by atoms with Crippen LogP contribution in [0, 0.1) is 0 Å². The van der Waals surface area contributed by atoms with Gasteiger partial charge in [-0.25, -0.2) is 18.4 Å². The lowest BCUT2D eigenvalue weighted by Gasteiger charge is -2.27. The van der Waals surface area contributed by atoms with Gasteiger partial charge in [0.1, 0.15) is 11.3 Å². The summed E-state index contributed by atoms with van der Waals surface area (Å²) in [6, 6.07) is 1.65. The molecular weight excluding hydrogens is 354 g/mol. The van der Waals surface area contributed by atoms with Crippen LogP contribution >= 0.6 is 11.6 Å². The zero-order chi connectivity index (χ0) is 17.5. The van der Waals surface area contributed by atoms with Crippen molar-refractivity contribution >= 4 is 32.2 Å². The van der Waals surface area contributed by atoms with Crippen LogP contribution in [0.1, 0.15) is 19.4 Å². The maximum absolute atomic E-state index is 11.3. The van der Waals surface area contributed by atoms with Crippen LogP contribution in [-0.2, 0) is 15.4 Å². The van der Waals surface area contributed by atoms with Crippen molar-refractivity contribution in [1.29, 1.82) is 0 Å². The van der Waals surface area contributed by atoms with E-state index in [1.807, 2.05) is 0 Å². The molecule has 126 valence electrons. The van der Waals surface area contributed by atoms with Gasteiger partial charge >= 0.3 is 0 Å². The molecule has 0 amide bonds. The second kappa shape index (κ2) is 5.77. The Bertz CT molecular complexity index is 958. The Balaban J connectivity index is 2.09. The summed E-state index contributed by atoms with van der Waals surface area (Å²) >= 11 is 6.00. The predicted octanol–water partition coefficient (Wildman–Crippen LogP) is 3.00. The average molecular weight is 368 g/mol. The summed E-state index contributed by atoms with van der Waals surface area (Å²) in [7, 11) is -2.99. The van der Waals surface area contributed by atoms with Crippen molar-refractivity contribution in [1.82, 2.24) is 9.97 Å². The first-order valence-electron chi connectivity index (χ1n) is 7.10. The van der Waals surface area contributed by atoms with Gasteiger partial charge in [0.05, 0.1) is 22.4 Å². The monoisotopic (exact) mass is 367 g/mol. The molecule has 0 saturated carbocycles. The minimum atomic E-state index is -2.99. The molecule has 1 fully saturated rings. The molecule has 0 spiro atoms. The number of ether oxygens (including phenoxy) is 1. The third-order valence-electron chi connectivity index (χ3n) is 3.81. The molecule has 10 heteroatoms. The van der Waals surface area contributed by atoms with Crippen molar-refractivity contribution in [2.24, 2.45) is 5.11 Å². The number of halogens is 1. The second-order valence-corrected chi connectivity index (χ2v) is 8.64. The molecule has 24 heavy (non-hydrogen) atoms. The highest BCUT2D eigenvalue weighted by Crippen LogP contribution is 2.36. The second-order valence-electron chi connectivity index (χ2n) is 6.09. The number of hydrogen-bond donors (Lipinski definition) is 0. The Labute approximate surface area is 143 Å². The van der Waals surface area contributed by atoms with E-state index in [2.05, 4.69) is 20.0 Å². The summed E-state index contributed by atoms with van der Waals surface area (Å²) < 4.78 is 28.2. The number of azide groups is 1. The van der Waals surface area contributed by atoms with Gasteiger partial charge in [0, 0.05) is 17.3 Å². The predicted molar refractivity (Wildman–Crippen MR) is 89.8 cm³/mol. The topological polar surface area (TPSA) is 118 Å². The van der Waals surface area contributed by atoms with Crippen LogP contribution in [0.5, 0.6) is 5.88 Å². The van der Waals surface area contributed by atoms with E-state index in [-0.39, 0.29) is 22.5 Å². The minimum Gasteiger partial charge on any atom is -0.472 e. The van der Waals surface area contributed by atoms with Crippen molar-refractivity contribution in [3.8, 4) is 5.88 Å². The van der Waals surface area contributed by atoms with E-state index in [4.69, 9.17) is 21.9 Å². The smallest absolute Gasteiger partial charge is 0.223 e. The van der Waals surface area contributed by atoms with Gasteiger partial charge in [-0.1, -0.05) is 30.6 Å². The van der Waals surface area contributed by atoms with Crippen LogP contribution in [0.2, 0.25) is 5.15 Å². The molecule has 2 aromatic heterocycles. The summed E-state index contributed by atoms with van der Waals surface area (Å²) in [5.74, 6) is 0.237. The zero-order valence-electron chi connectivity index (χ0n) is 13.0. The van der Waals surface area contributed by atoms with Crippen LogP contribution in [-0.4, -0.2) is 36.0 Å². The quantitative estimate of drug-likeness (QED) is 0.356. The number of nitrogens with zero attached hydrogens (tertiary/aromatic N) is 5. The van der Waals surface area contributed by atoms with Gasteiger partial charge < -0.3 is 4.74 Å². The van der Waals surface area contributed by atoms with Gasteiger partial charge in [-0.3, -0.25) is 0 Å². The highest BCUT2D eigenvalue weighted by atomic mass is 35.5. The SMILES string of the molecule is CC(C)(N=[N+]=[N-])c1cnc(OC2CS(=O)(=O)C2)c2cnc(Cl)cc12.